The van der Waals surface area contributed by atoms with E-state index in [0.717, 1.165) is 34.5 Å². The van der Waals surface area contributed by atoms with E-state index in [1.54, 1.807) is 18.2 Å². The highest BCUT2D eigenvalue weighted by Gasteiger charge is 2.47. The SMILES string of the molecule is [3H]C([3H])([3H])OCc1ccc(-c2ccc(N(C[C@@H](N)[C@@H](C)OC)C(=O)[C@@H]3C[C@H]3c3ccccn3)cc2)cc1. The summed E-state index contributed by atoms with van der Waals surface area (Å²) in [4.78, 5) is 19.8. The van der Waals surface area contributed by atoms with Crippen molar-refractivity contribution in [1.82, 2.24) is 4.98 Å². The van der Waals surface area contributed by atoms with Crippen molar-refractivity contribution in [2.75, 3.05) is 25.6 Å². The van der Waals surface area contributed by atoms with E-state index in [-0.39, 0.29) is 36.5 Å². The van der Waals surface area contributed by atoms with Crippen molar-refractivity contribution in [2.24, 2.45) is 11.7 Å². The maximum atomic E-state index is 13.6. The van der Waals surface area contributed by atoms with Gasteiger partial charge in [-0.1, -0.05) is 42.5 Å². The average molecular weight is 466 g/mol. The molecule has 0 bridgehead atoms. The Kier molecular flexibility index (Phi) is 6.52. The summed E-state index contributed by atoms with van der Waals surface area (Å²) in [5, 5.41) is 0. The molecule has 0 unspecified atom stereocenters. The second-order valence-electron chi connectivity index (χ2n) is 8.79. The molecule has 1 fully saturated rings. The van der Waals surface area contributed by atoms with Gasteiger partial charge in [0.05, 0.1) is 16.8 Å². The van der Waals surface area contributed by atoms with E-state index in [4.69, 9.17) is 19.3 Å². The minimum absolute atomic E-state index is 0.0214. The summed E-state index contributed by atoms with van der Waals surface area (Å²) in [7, 11) is -0.802. The van der Waals surface area contributed by atoms with Crippen molar-refractivity contribution >= 4 is 11.6 Å². The number of carbonyl (C=O) groups excluding carboxylic acids is 1. The molecule has 0 saturated heterocycles. The standard InChI is InChI=1S/C28H33N3O3/c1-19(34-3)26(29)17-31(28(32)25-16-24(25)27-6-4-5-15-30-27)23-13-11-22(12-14-23)21-9-7-20(8-10-21)18-33-2/h4-15,19,24-26H,16-18,29H2,1-3H3/t19-,24-,25-,26-/m1/s1/i2T3. The van der Waals surface area contributed by atoms with Gasteiger partial charge < -0.3 is 20.1 Å². The summed E-state index contributed by atoms with van der Waals surface area (Å²) < 4.78 is 31.8. The fourth-order valence-corrected chi connectivity index (χ4v) is 4.16. The predicted molar refractivity (Wildman–Crippen MR) is 134 cm³/mol. The van der Waals surface area contributed by atoms with E-state index in [0.29, 0.717) is 6.54 Å². The van der Waals surface area contributed by atoms with Crippen LogP contribution in [0, 0.1) is 5.92 Å². The molecule has 1 saturated carbocycles. The number of hydrogen-bond acceptors (Lipinski definition) is 5. The Balaban J connectivity index is 1.50. The van der Waals surface area contributed by atoms with Crippen molar-refractivity contribution in [3.63, 3.8) is 0 Å². The molecule has 2 aromatic carbocycles. The van der Waals surface area contributed by atoms with Gasteiger partial charge in [0.25, 0.3) is 0 Å². The Morgan fingerprint density at radius 2 is 1.85 bits per heavy atom. The smallest absolute Gasteiger partial charge is 0.230 e. The van der Waals surface area contributed by atoms with Crippen LogP contribution in [0.1, 0.15) is 34.6 Å². The third kappa shape index (κ3) is 5.53. The summed E-state index contributed by atoms with van der Waals surface area (Å²) in [5.41, 5.74) is 10.8. The lowest BCUT2D eigenvalue weighted by molar-refractivity contribution is -0.120. The van der Waals surface area contributed by atoms with Gasteiger partial charge in [-0.2, -0.15) is 0 Å². The van der Waals surface area contributed by atoms with Crippen molar-refractivity contribution in [1.29, 1.82) is 0 Å². The topological polar surface area (TPSA) is 77.7 Å². The molecule has 1 aromatic heterocycles. The van der Waals surface area contributed by atoms with Gasteiger partial charge in [-0.25, -0.2) is 0 Å². The number of anilines is 1. The highest BCUT2D eigenvalue weighted by molar-refractivity contribution is 5.97. The Labute approximate surface area is 205 Å². The number of hydrogen-bond donors (Lipinski definition) is 1. The quantitative estimate of drug-likeness (QED) is 0.480. The van der Waals surface area contributed by atoms with Crippen molar-refractivity contribution in [3.05, 3.63) is 84.2 Å². The number of rotatable bonds is 10. The van der Waals surface area contributed by atoms with Gasteiger partial charge in [0, 0.05) is 56.1 Å². The molecule has 6 heteroatoms. The molecule has 4 rings (SSSR count). The molecule has 34 heavy (non-hydrogen) atoms. The Morgan fingerprint density at radius 3 is 2.47 bits per heavy atom. The van der Waals surface area contributed by atoms with E-state index in [9.17, 15) is 4.79 Å². The maximum absolute atomic E-state index is 13.6. The van der Waals surface area contributed by atoms with Crippen molar-refractivity contribution < 1.29 is 18.4 Å². The molecule has 1 aliphatic rings. The van der Waals surface area contributed by atoms with Crippen LogP contribution in [0.5, 0.6) is 0 Å². The number of aromatic nitrogens is 1. The number of carbonyl (C=O) groups is 1. The second kappa shape index (κ2) is 10.9. The lowest BCUT2D eigenvalue weighted by Crippen LogP contribution is -2.47. The van der Waals surface area contributed by atoms with Gasteiger partial charge >= 0.3 is 0 Å². The second-order valence-corrected chi connectivity index (χ2v) is 8.79. The van der Waals surface area contributed by atoms with Gasteiger partial charge in [-0.15, -0.1) is 0 Å². The number of methoxy groups -OCH3 is 2. The van der Waals surface area contributed by atoms with E-state index in [1.165, 1.54) is 0 Å². The fraction of sp³-hybridized carbons (Fsp3) is 0.357. The molecule has 6 nitrogen and oxygen atoms in total. The molecule has 178 valence electrons. The third-order valence-corrected chi connectivity index (χ3v) is 6.51. The van der Waals surface area contributed by atoms with E-state index < -0.39 is 7.04 Å². The normalized spacial score (nSPS) is 20.5. The molecule has 4 atom stereocenters. The van der Waals surface area contributed by atoms with Crippen LogP contribution < -0.4 is 10.6 Å². The molecular formula is C28H33N3O3. The van der Waals surface area contributed by atoms with Crippen LogP contribution >= 0.6 is 0 Å². The van der Waals surface area contributed by atoms with Gasteiger partial charge in [-0.3, -0.25) is 9.78 Å². The van der Waals surface area contributed by atoms with Crippen LogP contribution in [-0.2, 0) is 20.9 Å². The summed E-state index contributed by atoms with van der Waals surface area (Å²) in [6.45, 7) is 2.27. The minimum atomic E-state index is -2.42. The van der Waals surface area contributed by atoms with Crippen LogP contribution in [0.15, 0.2) is 72.9 Å². The highest BCUT2D eigenvalue weighted by Crippen LogP contribution is 2.48. The van der Waals surface area contributed by atoms with Gasteiger partial charge in [-0.05, 0) is 54.3 Å². The molecule has 1 aliphatic carbocycles. The number of nitrogens with two attached hydrogens (primary N) is 1. The zero-order valence-corrected chi connectivity index (χ0v) is 19.6. The van der Waals surface area contributed by atoms with E-state index in [2.05, 4.69) is 4.98 Å². The molecule has 1 amide bonds. The zero-order chi connectivity index (χ0) is 26.6. The van der Waals surface area contributed by atoms with Gasteiger partial charge in [0.15, 0.2) is 0 Å². The molecule has 0 radical (unpaired) electrons. The van der Waals surface area contributed by atoms with E-state index >= 15 is 0 Å². The molecular weight excluding hydrogens is 426 g/mol. The van der Waals surface area contributed by atoms with Crippen molar-refractivity contribution in [3.8, 4) is 11.1 Å². The number of pyridine rings is 1. The third-order valence-electron chi connectivity index (χ3n) is 6.51. The lowest BCUT2D eigenvalue weighted by atomic mass is 10.0. The molecule has 0 aliphatic heterocycles. The maximum Gasteiger partial charge on any atom is 0.230 e. The molecule has 0 spiro atoms. The number of ether oxygens (including phenoxy) is 2. The van der Waals surface area contributed by atoms with Crippen molar-refractivity contribution in [2.45, 2.75) is 38.0 Å². The van der Waals surface area contributed by atoms with Crippen LogP contribution in [0.3, 0.4) is 0 Å². The molecule has 2 N–H and O–H groups in total. The Hall–Kier alpha value is -3.06. The predicted octanol–water partition coefficient (Wildman–Crippen LogP) is 4.39. The van der Waals surface area contributed by atoms with Crippen LogP contribution in [-0.4, -0.2) is 43.7 Å². The minimum Gasteiger partial charge on any atom is -0.380 e. The monoisotopic (exact) mass is 465 g/mol. The summed E-state index contributed by atoms with van der Waals surface area (Å²) in [6, 6.07) is 20.8. The lowest BCUT2D eigenvalue weighted by Gasteiger charge is -2.29. The largest absolute Gasteiger partial charge is 0.380 e. The fourth-order valence-electron chi connectivity index (χ4n) is 4.16. The first-order chi connectivity index (χ1) is 17.7. The number of amides is 1. The summed E-state index contributed by atoms with van der Waals surface area (Å²) >= 11 is 0. The Bertz CT molecular complexity index is 1170. The van der Waals surface area contributed by atoms with Crippen LogP contribution in [0.2, 0.25) is 0 Å². The molecule has 3 aromatic rings. The van der Waals surface area contributed by atoms with Crippen LogP contribution in [0.25, 0.3) is 11.1 Å². The molecule has 1 heterocycles. The first-order valence-corrected chi connectivity index (χ1v) is 11.5. The Morgan fingerprint density at radius 1 is 1.15 bits per heavy atom. The first kappa shape index (κ1) is 20.3. The van der Waals surface area contributed by atoms with Gasteiger partial charge in [0.1, 0.15) is 0 Å². The number of benzene rings is 2. The van der Waals surface area contributed by atoms with Crippen LogP contribution in [0.4, 0.5) is 5.69 Å². The average Bonchev–Trinajstić information content (AvgIpc) is 3.71. The zero-order valence-electron chi connectivity index (χ0n) is 22.6. The van der Waals surface area contributed by atoms with Gasteiger partial charge in [0.2, 0.25) is 5.91 Å². The highest BCUT2D eigenvalue weighted by atomic mass is 16.5. The number of nitrogens with zero attached hydrogens (tertiary/aromatic N) is 2. The summed E-state index contributed by atoms with van der Waals surface area (Å²) in [5.74, 6) is 0.0457. The first-order valence-electron chi connectivity index (χ1n) is 13.0. The summed E-state index contributed by atoms with van der Waals surface area (Å²) in [6.07, 6.45) is 2.33. The van der Waals surface area contributed by atoms with E-state index in [1.807, 2.05) is 73.7 Å².